The molecule has 2 aromatic rings. The van der Waals surface area contributed by atoms with Crippen LogP contribution in [0.15, 0.2) is 30.9 Å². The van der Waals surface area contributed by atoms with Crippen LogP contribution in [0.1, 0.15) is 33.8 Å². The molecule has 1 aromatic heterocycles. The van der Waals surface area contributed by atoms with Crippen LogP contribution < -0.4 is 9.64 Å². The number of amides is 1. The fourth-order valence-electron chi connectivity index (χ4n) is 2.95. The number of carbonyl (C=O) groups excluding carboxylic acids is 1. The maximum atomic E-state index is 13.0. The Kier molecular flexibility index (Phi) is 5.32. The molecule has 0 unspecified atom stereocenters. The number of thiazole rings is 1. The number of hydrogen-bond acceptors (Lipinski definition) is 6. The Bertz CT molecular complexity index is 839. The van der Waals surface area contributed by atoms with Crippen LogP contribution in [0.5, 0.6) is 5.75 Å². The molecule has 8 heteroatoms. The van der Waals surface area contributed by atoms with E-state index in [1.165, 1.54) is 46.4 Å². The predicted molar refractivity (Wildman–Crippen MR) is 100 cm³/mol. The number of hydrogen-bond donors (Lipinski definition) is 0. The summed E-state index contributed by atoms with van der Waals surface area (Å²) in [5.41, 5.74) is 1.03. The van der Waals surface area contributed by atoms with Gasteiger partial charge in [-0.3, -0.25) is 19.8 Å². The van der Waals surface area contributed by atoms with Gasteiger partial charge in [-0.15, -0.1) is 17.9 Å². The summed E-state index contributed by atoms with van der Waals surface area (Å²) in [4.78, 5) is 31.0. The molecule has 1 heterocycles. The van der Waals surface area contributed by atoms with Crippen LogP contribution in [0, 0.1) is 10.1 Å². The third-order valence-electron chi connectivity index (χ3n) is 4.24. The van der Waals surface area contributed by atoms with Crippen LogP contribution in [0.2, 0.25) is 0 Å². The molecule has 0 atom stereocenters. The van der Waals surface area contributed by atoms with Crippen molar-refractivity contribution in [2.75, 3.05) is 18.6 Å². The smallest absolute Gasteiger partial charge is 0.311 e. The highest BCUT2D eigenvalue weighted by Gasteiger charge is 2.25. The lowest BCUT2D eigenvalue weighted by molar-refractivity contribution is -0.385. The summed E-state index contributed by atoms with van der Waals surface area (Å²) in [7, 11) is 1.36. The number of aromatic nitrogens is 1. The third kappa shape index (κ3) is 3.45. The van der Waals surface area contributed by atoms with Gasteiger partial charge in [0.25, 0.3) is 5.91 Å². The van der Waals surface area contributed by atoms with Crippen molar-refractivity contribution in [3.63, 3.8) is 0 Å². The molecular weight excluding hydrogens is 354 g/mol. The summed E-state index contributed by atoms with van der Waals surface area (Å²) in [5, 5.41) is 11.8. The number of ether oxygens (including phenoxy) is 1. The van der Waals surface area contributed by atoms with Crippen molar-refractivity contribution in [3.05, 3.63) is 57.1 Å². The van der Waals surface area contributed by atoms with E-state index in [9.17, 15) is 14.9 Å². The van der Waals surface area contributed by atoms with Crippen LogP contribution >= 0.6 is 11.3 Å². The van der Waals surface area contributed by atoms with Crippen LogP contribution in [-0.2, 0) is 12.8 Å². The molecule has 136 valence electrons. The van der Waals surface area contributed by atoms with Crippen molar-refractivity contribution in [1.82, 2.24) is 4.98 Å². The molecule has 0 saturated heterocycles. The minimum Gasteiger partial charge on any atom is -0.490 e. The molecular formula is C18H19N3O4S. The monoisotopic (exact) mass is 373 g/mol. The molecule has 0 bridgehead atoms. The zero-order valence-corrected chi connectivity index (χ0v) is 15.3. The Morgan fingerprint density at radius 2 is 2.23 bits per heavy atom. The molecule has 0 fully saturated rings. The Morgan fingerprint density at radius 1 is 1.46 bits per heavy atom. The highest BCUT2D eigenvalue weighted by Crippen LogP contribution is 2.33. The second kappa shape index (κ2) is 7.65. The van der Waals surface area contributed by atoms with Crippen LogP contribution in [0.4, 0.5) is 10.8 Å². The van der Waals surface area contributed by atoms with E-state index in [0.717, 1.165) is 31.4 Å². The molecule has 0 spiro atoms. The molecule has 7 nitrogen and oxygen atoms in total. The second-order valence-corrected chi connectivity index (χ2v) is 6.98. The molecule has 0 radical (unpaired) electrons. The van der Waals surface area contributed by atoms with Gasteiger partial charge in [-0.2, -0.15) is 0 Å². The topological polar surface area (TPSA) is 85.6 Å². The first-order chi connectivity index (χ1) is 12.5. The van der Waals surface area contributed by atoms with Crippen molar-refractivity contribution in [2.45, 2.75) is 25.7 Å². The van der Waals surface area contributed by atoms with E-state index in [-0.39, 0.29) is 29.5 Å². The average Bonchev–Trinajstić information content (AvgIpc) is 3.08. The number of nitrogens with zero attached hydrogens (tertiary/aromatic N) is 3. The van der Waals surface area contributed by atoms with Crippen molar-refractivity contribution in [1.29, 1.82) is 0 Å². The van der Waals surface area contributed by atoms with Gasteiger partial charge in [-0.05, 0) is 37.8 Å². The Labute approximate surface area is 155 Å². The number of nitro benzene ring substituents is 1. The molecule has 1 aliphatic carbocycles. The maximum Gasteiger partial charge on any atom is 0.311 e. The minimum absolute atomic E-state index is 0.117. The van der Waals surface area contributed by atoms with Crippen molar-refractivity contribution >= 4 is 28.1 Å². The van der Waals surface area contributed by atoms with Crippen LogP contribution in [0.3, 0.4) is 0 Å². The molecule has 0 N–H and O–H groups in total. The molecule has 0 saturated carbocycles. The van der Waals surface area contributed by atoms with E-state index in [1.54, 1.807) is 6.08 Å². The minimum atomic E-state index is -0.560. The molecule has 1 aliphatic rings. The second-order valence-electron chi connectivity index (χ2n) is 5.92. The van der Waals surface area contributed by atoms with E-state index in [1.807, 2.05) is 0 Å². The molecule has 26 heavy (non-hydrogen) atoms. The SMILES string of the molecule is C=CCN(C(=O)c1ccc(OC)c([N+](=O)[O-])c1)c1nc2c(s1)CCCC2. The average molecular weight is 373 g/mol. The summed E-state index contributed by atoms with van der Waals surface area (Å²) in [6.45, 7) is 3.99. The van der Waals surface area contributed by atoms with Crippen molar-refractivity contribution in [2.24, 2.45) is 0 Å². The number of anilines is 1. The van der Waals surface area contributed by atoms with Gasteiger partial charge >= 0.3 is 5.69 Å². The highest BCUT2D eigenvalue weighted by atomic mass is 32.1. The van der Waals surface area contributed by atoms with Gasteiger partial charge in [0, 0.05) is 23.1 Å². The summed E-state index contributed by atoms with van der Waals surface area (Å²) in [6, 6.07) is 4.20. The van der Waals surface area contributed by atoms with Gasteiger partial charge in [-0.1, -0.05) is 6.08 Å². The van der Waals surface area contributed by atoms with E-state index in [4.69, 9.17) is 4.74 Å². The van der Waals surface area contributed by atoms with Gasteiger partial charge in [0.1, 0.15) is 0 Å². The Balaban J connectivity index is 1.96. The first-order valence-electron chi connectivity index (χ1n) is 8.29. The highest BCUT2D eigenvalue weighted by molar-refractivity contribution is 7.16. The lowest BCUT2D eigenvalue weighted by Crippen LogP contribution is -2.31. The Hall–Kier alpha value is -2.74. The largest absolute Gasteiger partial charge is 0.490 e. The summed E-state index contributed by atoms with van der Waals surface area (Å²) < 4.78 is 5.00. The summed E-state index contributed by atoms with van der Waals surface area (Å²) in [5.74, 6) is -0.228. The molecule has 0 aliphatic heterocycles. The van der Waals surface area contributed by atoms with Crippen LogP contribution in [-0.4, -0.2) is 29.5 Å². The van der Waals surface area contributed by atoms with E-state index < -0.39 is 4.92 Å². The van der Waals surface area contributed by atoms with Crippen molar-refractivity contribution < 1.29 is 14.5 Å². The molecule has 3 rings (SSSR count). The number of aryl methyl sites for hydroxylation is 2. The molecule has 1 amide bonds. The molecule has 1 aromatic carbocycles. The fraction of sp³-hybridized carbons (Fsp3) is 0.333. The number of benzene rings is 1. The van der Waals surface area contributed by atoms with Gasteiger partial charge in [-0.25, -0.2) is 4.98 Å². The van der Waals surface area contributed by atoms with Crippen molar-refractivity contribution in [3.8, 4) is 5.75 Å². The predicted octanol–water partition coefficient (Wildman–Crippen LogP) is 3.77. The van der Waals surface area contributed by atoms with E-state index >= 15 is 0 Å². The first-order valence-corrected chi connectivity index (χ1v) is 9.10. The van der Waals surface area contributed by atoms with Gasteiger partial charge < -0.3 is 4.74 Å². The number of rotatable bonds is 6. The third-order valence-corrected chi connectivity index (χ3v) is 5.43. The quantitative estimate of drug-likeness (QED) is 0.437. The fourth-order valence-corrected chi connectivity index (χ4v) is 4.11. The van der Waals surface area contributed by atoms with E-state index in [2.05, 4.69) is 11.6 Å². The standard InChI is InChI=1S/C18H19N3O4S/c1-3-10-20(18-19-13-6-4-5-7-16(13)26-18)17(22)12-8-9-15(25-2)14(11-12)21(23)24/h3,8-9,11H,1,4-7,10H2,2H3. The summed E-state index contributed by atoms with van der Waals surface area (Å²) >= 11 is 1.51. The van der Waals surface area contributed by atoms with Gasteiger partial charge in [0.2, 0.25) is 0 Å². The number of carbonyl (C=O) groups is 1. The summed E-state index contributed by atoms with van der Waals surface area (Å²) in [6.07, 6.45) is 5.77. The Morgan fingerprint density at radius 3 is 2.88 bits per heavy atom. The number of nitro groups is 1. The number of fused-ring (bicyclic) bond motifs is 1. The first kappa shape index (κ1) is 18.1. The zero-order chi connectivity index (χ0) is 18.7. The van der Waals surface area contributed by atoms with Gasteiger partial charge in [0.05, 0.1) is 17.7 Å². The lowest BCUT2D eigenvalue weighted by atomic mass is 10.0. The van der Waals surface area contributed by atoms with Gasteiger partial charge in [0.15, 0.2) is 10.9 Å². The van der Waals surface area contributed by atoms with E-state index in [0.29, 0.717) is 5.13 Å². The van der Waals surface area contributed by atoms with Crippen LogP contribution in [0.25, 0.3) is 0 Å². The zero-order valence-electron chi connectivity index (χ0n) is 14.4. The normalized spacial score (nSPS) is 13.0. The lowest BCUT2D eigenvalue weighted by Gasteiger charge is -2.18. The number of methoxy groups -OCH3 is 1. The maximum absolute atomic E-state index is 13.0.